The van der Waals surface area contributed by atoms with Gasteiger partial charge in [0.15, 0.2) is 0 Å². The van der Waals surface area contributed by atoms with E-state index in [9.17, 15) is 18.0 Å². The number of hydrogen-bond donors (Lipinski definition) is 1. The molecule has 1 aliphatic carbocycles. The van der Waals surface area contributed by atoms with Gasteiger partial charge in [-0.2, -0.15) is 13.2 Å². The Kier molecular flexibility index (Phi) is 3.63. The predicted octanol–water partition coefficient (Wildman–Crippen LogP) is 3.23. The van der Waals surface area contributed by atoms with E-state index < -0.39 is 12.1 Å². The summed E-state index contributed by atoms with van der Waals surface area (Å²) in [6.45, 7) is 1.43. The van der Waals surface area contributed by atoms with Crippen molar-refractivity contribution in [1.29, 1.82) is 0 Å². The van der Waals surface area contributed by atoms with E-state index in [2.05, 4.69) is 0 Å². The highest BCUT2D eigenvalue weighted by atomic mass is 32.1. The lowest BCUT2D eigenvalue weighted by atomic mass is 9.86. The number of amides is 1. The molecule has 0 aromatic carbocycles. The van der Waals surface area contributed by atoms with E-state index in [1.165, 1.54) is 0 Å². The molecule has 1 fully saturated rings. The summed E-state index contributed by atoms with van der Waals surface area (Å²) in [5.41, 5.74) is 7.16. The third-order valence-corrected chi connectivity index (χ3v) is 5.45. The van der Waals surface area contributed by atoms with E-state index in [-0.39, 0.29) is 18.7 Å². The Morgan fingerprint density at radius 2 is 1.95 bits per heavy atom. The van der Waals surface area contributed by atoms with E-state index in [1.807, 2.05) is 0 Å². The number of nitrogens with two attached hydrogens (primary N) is 1. The van der Waals surface area contributed by atoms with Gasteiger partial charge in [-0.15, -0.1) is 11.3 Å². The molecule has 116 valence electrons. The smallest absolute Gasteiger partial charge is 0.390 e. The van der Waals surface area contributed by atoms with Crippen molar-refractivity contribution in [1.82, 2.24) is 4.90 Å². The SMILES string of the molecule is Nc1sc2c(c1C(=O)N1CCCC1)CCC(C(F)(F)F)C2. The minimum atomic E-state index is -4.17. The van der Waals surface area contributed by atoms with Gasteiger partial charge in [-0.25, -0.2) is 0 Å². The summed E-state index contributed by atoms with van der Waals surface area (Å²) in [5, 5.41) is 0.375. The fraction of sp³-hybridized carbons (Fsp3) is 0.643. The highest BCUT2D eigenvalue weighted by Crippen LogP contribution is 2.43. The van der Waals surface area contributed by atoms with Crippen molar-refractivity contribution in [3.8, 4) is 0 Å². The monoisotopic (exact) mass is 318 g/mol. The van der Waals surface area contributed by atoms with Crippen LogP contribution in [0.3, 0.4) is 0 Å². The first-order valence-corrected chi connectivity index (χ1v) is 7.95. The van der Waals surface area contributed by atoms with Gasteiger partial charge in [-0.3, -0.25) is 4.79 Å². The van der Waals surface area contributed by atoms with Crippen LogP contribution < -0.4 is 5.73 Å². The molecule has 1 unspecified atom stereocenters. The number of rotatable bonds is 1. The average molecular weight is 318 g/mol. The Morgan fingerprint density at radius 3 is 2.57 bits per heavy atom. The Hall–Kier alpha value is -1.24. The summed E-state index contributed by atoms with van der Waals surface area (Å²) < 4.78 is 38.5. The summed E-state index contributed by atoms with van der Waals surface area (Å²) in [5.74, 6) is -1.41. The lowest BCUT2D eigenvalue weighted by Gasteiger charge is -2.25. The first-order valence-electron chi connectivity index (χ1n) is 7.14. The fourth-order valence-electron chi connectivity index (χ4n) is 3.20. The molecule has 1 atom stereocenters. The largest absolute Gasteiger partial charge is 0.392 e. The van der Waals surface area contributed by atoms with Crippen LogP contribution in [0.1, 0.15) is 40.1 Å². The zero-order valence-corrected chi connectivity index (χ0v) is 12.3. The van der Waals surface area contributed by atoms with E-state index in [0.29, 0.717) is 35.0 Å². The van der Waals surface area contributed by atoms with Crippen LogP contribution in [0.2, 0.25) is 0 Å². The Balaban J connectivity index is 1.88. The van der Waals surface area contributed by atoms with Crippen molar-refractivity contribution in [2.24, 2.45) is 5.92 Å². The van der Waals surface area contributed by atoms with Crippen LogP contribution in [0.15, 0.2) is 0 Å². The van der Waals surface area contributed by atoms with Gasteiger partial charge in [0.25, 0.3) is 5.91 Å². The number of likely N-dealkylation sites (tertiary alicyclic amines) is 1. The van der Waals surface area contributed by atoms with E-state index in [4.69, 9.17) is 5.73 Å². The molecule has 2 heterocycles. The fourth-order valence-corrected chi connectivity index (χ4v) is 4.39. The number of fused-ring (bicyclic) bond motifs is 1. The maximum atomic E-state index is 12.8. The highest BCUT2D eigenvalue weighted by molar-refractivity contribution is 7.16. The van der Waals surface area contributed by atoms with Gasteiger partial charge in [-0.05, 0) is 37.7 Å². The molecule has 0 spiro atoms. The van der Waals surface area contributed by atoms with Crippen LogP contribution in [0, 0.1) is 5.92 Å². The van der Waals surface area contributed by atoms with Crippen LogP contribution in [0.25, 0.3) is 0 Å². The Labute approximate surface area is 124 Å². The molecule has 1 aromatic rings. The lowest BCUT2D eigenvalue weighted by Crippen LogP contribution is -2.31. The van der Waals surface area contributed by atoms with Crippen LogP contribution >= 0.6 is 11.3 Å². The first kappa shape index (κ1) is 14.7. The van der Waals surface area contributed by atoms with Crippen LogP contribution in [-0.2, 0) is 12.8 Å². The number of hydrogen-bond acceptors (Lipinski definition) is 3. The maximum absolute atomic E-state index is 12.8. The Bertz CT molecular complexity index is 561. The Morgan fingerprint density at radius 1 is 1.29 bits per heavy atom. The summed E-state index contributed by atoms with van der Waals surface area (Å²) in [4.78, 5) is 14.9. The molecule has 0 saturated carbocycles. The predicted molar refractivity (Wildman–Crippen MR) is 75.4 cm³/mol. The molecular weight excluding hydrogens is 301 g/mol. The zero-order chi connectivity index (χ0) is 15.2. The van der Waals surface area contributed by atoms with E-state index >= 15 is 0 Å². The van der Waals surface area contributed by atoms with Gasteiger partial charge in [0.2, 0.25) is 0 Å². The van der Waals surface area contributed by atoms with Gasteiger partial charge >= 0.3 is 6.18 Å². The number of halogens is 3. The van der Waals surface area contributed by atoms with Crippen molar-refractivity contribution < 1.29 is 18.0 Å². The lowest BCUT2D eigenvalue weighted by molar-refractivity contribution is -0.176. The second kappa shape index (κ2) is 5.19. The van der Waals surface area contributed by atoms with Gasteiger partial charge in [0.1, 0.15) is 0 Å². The van der Waals surface area contributed by atoms with Gasteiger partial charge in [0.05, 0.1) is 16.5 Å². The van der Waals surface area contributed by atoms with E-state index in [1.54, 1.807) is 4.90 Å². The van der Waals surface area contributed by atoms with Crippen molar-refractivity contribution in [3.05, 3.63) is 16.0 Å². The molecule has 21 heavy (non-hydrogen) atoms. The normalized spacial score (nSPS) is 22.4. The number of thiophene rings is 1. The minimum Gasteiger partial charge on any atom is -0.390 e. The van der Waals surface area contributed by atoms with Gasteiger partial charge in [-0.1, -0.05) is 0 Å². The molecule has 0 bridgehead atoms. The topological polar surface area (TPSA) is 46.3 Å². The van der Waals surface area contributed by atoms with Crippen LogP contribution in [0.4, 0.5) is 18.2 Å². The number of carbonyl (C=O) groups excluding carboxylic acids is 1. The minimum absolute atomic E-state index is 0.0407. The van der Waals surface area contributed by atoms with Crippen molar-refractivity contribution in [2.75, 3.05) is 18.8 Å². The molecule has 1 amide bonds. The number of nitrogen functional groups attached to an aromatic ring is 1. The molecule has 2 N–H and O–H groups in total. The number of anilines is 1. The van der Waals surface area contributed by atoms with Gasteiger partial charge in [0, 0.05) is 18.0 Å². The average Bonchev–Trinajstić information content (AvgIpc) is 3.02. The summed E-state index contributed by atoms with van der Waals surface area (Å²) in [6, 6.07) is 0. The summed E-state index contributed by atoms with van der Waals surface area (Å²) >= 11 is 1.15. The summed E-state index contributed by atoms with van der Waals surface area (Å²) in [6.07, 6.45) is -1.91. The molecule has 1 saturated heterocycles. The first-order chi connectivity index (χ1) is 9.88. The van der Waals surface area contributed by atoms with Crippen LogP contribution in [-0.4, -0.2) is 30.1 Å². The highest BCUT2D eigenvalue weighted by Gasteiger charge is 2.43. The van der Waals surface area contributed by atoms with E-state index in [0.717, 1.165) is 29.7 Å². The number of alkyl halides is 3. The standard InChI is InChI=1S/C14H17F3N2OS/c15-14(16,17)8-3-4-9-10(7-8)21-12(18)11(9)13(20)19-5-1-2-6-19/h8H,1-7,18H2. The van der Waals surface area contributed by atoms with Gasteiger partial charge < -0.3 is 10.6 Å². The summed E-state index contributed by atoms with van der Waals surface area (Å²) in [7, 11) is 0. The third kappa shape index (κ3) is 2.63. The third-order valence-electron chi connectivity index (χ3n) is 4.36. The second-order valence-electron chi connectivity index (χ2n) is 5.72. The molecule has 1 aromatic heterocycles. The molecule has 1 aliphatic heterocycles. The second-order valence-corrected chi connectivity index (χ2v) is 6.86. The molecule has 2 aliphatic rings. The zero-order valence-electron chi connectivity index (χ0n) is 11.5. The molecular formula is C14H17F3N2OS. The van der Waals surface area contributed by atoms with Crippen molar-refractivity contribution in [2.45, 2.75) is 38.3 Å². The number of nitrogens with zero attached hydrogens (tertiary/aromatic N) is 1. The molecule has 3 nitrogen and oxygen atoms in total. The van der Waals surface area contributed by atoms with Crippen LogP contribution in [0.5, 0.6) is 0 Å². The molecule has 7 heteroatoms. The quantitative estimate of drug-likeness (QED) is 0.864. The molecule has 3 rings (SSSR count). The van der Waals surface area contributed by atoms with Crippen molar-refractivity contribution >= 4 is 22.2 Å². The van der Waals surface area contributed by atoms with Crippen molar-refractivity contribution in [3.63, 3.8) is 0 Å². The number of carbonyl (C=O) groups is 1. The molecule has 0 radical (unpaired) electrons. The maximum Gasteiger partial charge on any atom is 0.392 e.